The molecule has 11 heteroatoms. The number of aromatic carboxylic acids is 1. The van der Waals surface area contributed by atoms with Crippen LogP contribution in [0.15, 0.2) is 54.6 Å². The summed E-state index contributed by atoms with van der Waals surface area (Å²) in [6.45, 7) is 0. The van der Waals surface area contributed by atoms with Crippen molar-refractivity contribution in [2.75, 3.05) is 0 Å². The summed E-state index contributed by atoms with van der Waals surface area (Å²) in [7, 11) is 0. The number of hydrogen-bond donors (Lipinski definition) is 2. The lowest BCUT2D eigenvalue weighted by atomic mass is 10.0. The molecule has 0 spiro atoms. The molecule has 3 aromatic carbocycles. The van der Waals surface area contributed by atoms with E-state index in [-0.39, 0.29) is 22.2 Å². The van der Waals surface area contributed by atoms with Gasteiger partial charge in [-0.2, -0.15) is 23.0 Å². The molecule has 0 bridgehead atoms. The van der Waals surface area contributed by atoms with E-state index in [0.717, 1.165) is 30.3 Å². The number of fused-ring (bicyclic) bond motifs is 1. The third-order valence-corrected chi connectivity index (χ3v) is 5.20. The van der Waals surface area contributed by atoms with Gasteiger partial charge in [-0.05, 0) is 42.5 Å². The van der Waals surface area contributed by atoms with Gasteiger partial charge in [0.2, 0.25) is 0 Å². The number of aromatic nitrogens is 2. The van der Waals surface area contributed by atoms with Crippen LogP contribution in [0.2, 0.25) is 5.02 Å². The van der Waals surface area contributed by atoms with Gasteiger partial charge in [-0.3, -0.25) is 4.79 Å². The van der Waals surface area contributed by atoms with Crippen molar-refractivity contribution in [2.24, 2.45) is 0 Å². The Morgan fingerprint density at radius 3 is 2.39 bits per heavy atom. The summed E-state index contributed by atoms with van der Waals surface area (Å²) in [5.41, 5.74) is -3.03. The minimum atomic E-state index is -4.90. The van der Waals surface area contributed by atoms with Crippen molar-refractivity contribution in [3.8, 4) is 17.0 Å². The number of carbonyl (C=O) groups excluding carboxylic acids is 1. The lowest BCUT2D eigenvalue weighted by molar-refractivity contribution is -0.137. The van der Waals surface area contributed by atoms with E-state index in [1.54, 1.807) is 0 Å². The van der Waals surface area contributed by atoms with Gasteiger partial charge >= 0.3 is 12.1 Å². The highest BCUT2D eigenvalue weighted by atomic mass is 35.5. The summed E-state index contributed by atoms with van der Waals surface area (Å²) in [4.78, 5) is 24.6. The van der Waals surface area contributed by atoms with Gasteiger partial charge in [0.15, 0.2) is 0 Å². The van der Waals surface area contributed by atoms with Gasteiger partial charge in [0.25, 0.3) is 5.91 Å². The number of aromatic hydroxyl groups is 1. The van der Waals surface area contributed by atoms with Crippen LogP contribution in [0.4, 0.5) is 17.6 Å². The van der Waals surface area contributed by atoms with Gasteiger partial charge in [-0.25, -0.2) is 9.18 Å². The molecule has 0 fully saturated rings. The number of carboxylic acids is 1. The van der Waals surface area contributed by atoms with Crippen LogP contribution >= 0.6 is 11.6 Å². The van der Waals surface area contributed by atoms with E-state index < -0.39 is 51.3 Å². The molecule has 0 aliphatic heterocycles. The Balaban J connectivity index is 2.00. The Kier molecular flexibility index (Phi) is 5.33. The zero-order valence-electron chi connectivity index (χ0n) is 16.2. The molecule has 0 saturated heterocycles. The third kappa shape index (κ3) is 3.78. The Bertz CT molecular complexity index is 1450. The molecule has 0 saturated carbocycles. The van der Waals surface area contributed by atoms with Crippen molar-refractivity contribution < 1.29 is 37.4 Å². The van der Waals surface area contributed by atoms with Crippen LogP contribution < -0.4 is 0 Å². The van der Waals surface area contributed by atoms with Crippen LogP contribution in [-0.2, 0) is 6.18 Å². The zero-order chi connectivity index (χ0) is 24.1. The number of carbonyl (C=O) groups is 2. The first-order valence-corrected chi connectivity index (χ1v) is 9.53. The van der Waals surface area contributed by atoms with Gasteiger partial charge in [0.05, 0.1) is 27.1 Å². The lowest BCUT2D eigenvalue weighted by Crippen LogP contribution is -2.20. The summed E-state index contributed by atoms with van der Waals surface area (Å²) in [5.74, 6) is -4.13. The van der Waals surface area contributed by atoms with E-state index in [4.69, 9.17) is 11.6 Å². The number of rotatable bonds is 3. The molecule has 0 radical (unpaired) electrons. The molecule has 4 aromatic rings. The smallest absolute Gasteiger partial charge is 0.417 e. The van der Waals surface area contributed by atoms with Crippen molar-refractivity contribution in [3.05, 3.63) is 82.1 Å². The largest absolute Gasteiger partial charge is 0.507 e. The molecular formula is C22H11ClF4N2O4. The van der Waals surface area contributed by atoms with Gasteiger partial charge < -0.3 is 10.2 Å². The van der Waals surface area contributed by atoms with Crippen molar-refractivity contribution >= 4 is 34.4 Å². The van der Waals surface area contributed by atoms with Crippen molar-refractivity contribution in [3.63, 3.8) is 0 Å². The number of benzene rings is 3. The van der Waals surface area contributed by atoms with Crippen molar-refractivity contribution in [1.82, 2.24) is 9.78 Å². The van der Waals surface area contributed by atoms with Crippen LogP contribution in [0.3, 0.4) is 0 Å². The fourth-order valence-electron chi connectivity index (χ4n) is 3.42. The molecule has 0 aliphatic carbocycles. The molecular weight excluding hydrogens is 468 g/mol. The second-order valence-electron chi connectivity index (χ2n) is 6.90. The first-order chi connectivity index (χ1) is 15.5. The van der Waals surface area contributed by atoms with Gasteiger partial charge in [0.1, 0.15) is 22.8 Å². The normalized spacial score (nSPS) is 11.7. The second kappa shape index (κ2) is 7.89. The van der Waals surface area contributed by atoms with E-state index in [1.165, 1.54) is 18.2 Å². The SMILES string of the molecule is O=C(O)c1cc(-c2nn(C(=O)c3c(Cl)cccc3C(F)(F)F)c3cccc(F)c23)ccc1O. The minimum Gasteiger partial charge on any atom is -0.507 e. The van der Waals surface area contributed by atoms with Crippen LogP contribution in [0.25, 0.3) is 22.2 Å². The highest BCUT2D eigenvalue weighted by Gasteiger charge is 2.37. The van der Waals surface area contributed by atoms with Crippen LogP contribution in [0.5, 0.6) is 5.75 Å². The quantitative estimate of drug-likeness (QED) is 0.374. The topological polar surface area (TPSA) is 92.4 Å². The summed E-state index contributed by atoms with van der Waals surface area (Å²) in [5, 5.41) is 22.3. The van der Waals surface area contributed by atoms with Crippen LogP contribution in [-0.4, -0.2) is 31.9 Å². The average Bonchev–Trinajstić information content (AvgIpc) is 3.13. The third-order valence-electron chi connectivity index (χ3n) is 4.88. The fraction of sp³-hybridized carbons (Fsp3) is 0.0455. The molecule has 1 heterocycles. The van der Waals surface area contributed by atoms with Crippen LogP contribution in [0, 0.1) is 5.82 Å². The van der Waals surface area contributed by atoms with E-state index in [9.17, 15) is 37.4 Å². The summed E-state index contributed by atoms with van der Waals surface area (Å²) >= 11 is 5.93. The predicted octanol–water partition coefficient (Wildman–Crippen LogP) is 5.61. The number of hydrogen-bond acceptors (Lipinski definition) is 4. The summed E-state index contributed by atoms with van der Waals surface area (Å²) < 4.78 is 55.9. The van der Waals surface area contributed by atoms with E-state index in [1.807, 2.05) is 0 Å². The maximum atomic E-state index is 14.8. The predicted molar refractivity (Wildman–Crippen MR) is 110 cm³/mol. The second-order valence-corrected chi connectivity index (χ2v) is 7.30. The Labute approximate surface area is 187 Å². The molecule has 0 unspecified atom stereocenters. The number of nitrogens with zero attached hydrogens (tertiary/aromatic N) is 2. The molecule has 0 amide bonds. The maximum absolute atomic E-state index is 14.8. The number of halogens is 5. The molecule has 2 N–H and O–H groups in total. The van der Waals surface area contributed by atoms with Gasteiger partial charge in [-0.15, -0.1) is 0 Å². The van der Waals surface area contributed by atoms with E-state index in [2.05, 4.69) is 5.10 Å². The number of carboxylic acid groups (broad SMARTS) is 1. The Morgan fingerprint density at radius 2 is 1.73 bits per heavy atom. The molecule has 33 heavy (non-hydrogen) atoms. The Morgan fingerprint density at radius 1 is 1.03 bits per heavy atom. The molecule has 6 nitrogen and oxygen atoms in total. The highest BCUT2D eigenvalue weighted by Crippen LogP contribution is 2.37. The van der Waals surface area contributed by atoms with Crippen molar-refractivity contribution in [1.29, 1.82) is 0 Å². The van der Waals surface area contributed by atoms with E-state index >= 15 is 0 Å². The Hall–Kier alpha value is -3.92. The molecule has 4 rings (SSSR count). The lowest BCUT2D eigenvalue weighted by Gasteiger charge is -2.13. The highest BCUT2D eigenvalue weighted by molar-refractivity contribution is 6.34. The molecule has 1 aromatic heterocycles. The first-order valence-electron chi connectivity index (χ1n) is 9.15. The monoisotopic (exact) mass is 478 g/mol. The summed E-state index contributed by atoms with van der Waals surface area (Å²) in [6, 6.07) is 9.69. The van der Waals surface area contributed by atoms with Crippen LogP contribution in [0.1, 0.15) is 26.3 Å². The van der Waals surface area contributed by atoms with E-state index in [0.29, 0.717) is 10.7 Å². The van der Waals surface area contributed by atoms with Crippen molar-refractivity contribution in [2.45, 2.75) is 6.18 Å². The molecule has 0 aliphatic rings. The average molecular weight is 479 g/mol. The first kappa shape index (κ1) is 22.3. The standard InChI is InChI=1S/C22H11ClF4N2O4/c23-13-4-1-3-12(22(25,26)27)17(13)20(31)29-15-6-2-5-14(24)18(15)19(28-29)10-7-8-16(30)11(9-10)21(32)33/h1-9,30H,(H,32,33). The van der Waals surface area contributed by atoms with Gasteiger partial charge in [-0.1, -0.05) is 23.7 Å². The van der Waals surface area contributed by atoms with Gasteiger partial charge in [0, 0.05) is 5.56 Å². The molecule has 168 valence electrons. The fourth-order valence-corrected chi connectivity index (χ4v) is 3.68. The zero-order valence-corrected chi connectivity index (χ0v) is 16.9. The number of phenols is 1. The maximum Gasteiger partial charge on any atom is 0.417 e. The minimum absolute atomic E-state index is 0.0158. The summed E-state index contributed by atoms with van der Waals surface area (Å²) in [6.07, 6.45) is -4.90. The molecule has 0 atom stereocenters. The number of alkyl halides is 3.